The normalized spacial score (nSPS) is 17.5. The molecule has 80 valence electrons. The minimum Gasteiger partial charge on any atom is -0.207 e. The Morgan fingerprint density at radius 1 is 1.53 bits per heavy atom. The van der Waals surface area contributed by atoms with E-state index in [1.165, 1.54) is 11.4 Å². The predicted molar refractivity (Wildman–Crippen MR) is 65.9 cm³/mol. The topological polar surface area (TPSA) is 0 Å². The van der Waals surface area contributed by atoms with E-state index in [0.29, 0.717) is 5.02 Å². The highest BCUT2D eigenvalue weighted by atomic mass is 35.5. The summed E-state index contributed by atoms with van der Waals surface area (Å²) < 4.78 is 13.8. The summed E-state index contributed by atoms with van der Waals surface area (Å²) in [5, 5.41) is 1.64. The van der Waals surface area contributed by atoms with Gasteiger partial charge in [-0.2, -0.15) is 0 Å². The molecular formula is C12H13ClFP. The van der Waals surface area contributed by atoms with Crippen LogP contribution in [0.4, 0.5) is 4.39 Å². The number of halogens is 2. The van der Waals surface area contributed by atoms with Gasteiger partial charge in [0.2, 0.25) is 0 Å². The summed E-state index contributed by atoms with van der Waals surface area (Å²) in [4.78, 5) is 0. The second-order valence-corrected chi connectivity index (χ2v) is 5.08. The summed E-state index contributed by atoms with van der Waals surface area (Å²) >= 11 is 5.74. The molecule has 0 N–H and O–H groups in total. The van der Waals surface area contributed by atoms with E-state index in [1.54, 1.807) is 12.1 Å². The number of hydrogen-bond acceptors (Lipinski definition) is 0. The molecule has 15 heavy (non-hydrogen) atoms. The van der Waals surface area contributed by atoms with Crippen LogP contribution in [-0.2, 0) is 5.41 Å². The van der Waals surface area contributed by atoms with E-state index in [4.69, 9.17) is 11.6 Å². The highest BCUT2D eigenvalue weighted by molar-refractivity contribution is 7.21. The molecule has 1 aliphatic carbocycles. The molecule has 0 radical (unpaired) electrons. The second-order valence-electron chi connectivity index (χ2n) is 4.04. The molecule has 3 heteroatoms. The van der Waals surface area contributed by atoms with Crippen molar-refractivity contribution < 1.29 is 4.39 Å². The lowest BCUT2D eigenvalue weighted by atomic mass is 9.90. The van der Waals surface area contributed by atoms with Gasteiger partial charge in [-0.05, 0) is 42.3 Å². The van der Waals surface area contributed by atoms with Crippen LogP contribution < -0.4 is 0 Å². The molecule has 0 heterocycles. The van der Waals surface area contributed by atoms with Crippen LogP contribution >= 0.6 is 20.5 Å². The molecule has 1 fully saturated rings. The quantitative estimate of drug-likeness (QED) is 0.696. The Balaban J connectivity index is 2.42. The maximum absolute atomic E-state index is 13.8. The Hall–Kier alpha value is -0.390. The van der Waals surface area contributed by atoms with Gasteiger partial charge in [-0.3, -0.25) is 0 Å². The molecule has 1 aromatic rings. The van der Waals surface area contributed by atoms with Crippen molar-refractivity contribution in [2.24, 2.45) is 0 Å². The van der Waals surface area contributed by atoms with Gasteiger partial charge in [0.25, 0.3) is 0 Å². The van der Waals surface area contributed by atoms with Crippen LogP contribution in [0.5, 0.6) is 0 Å². The zero-order valence-electron chi connectivity index (χ0n) is 8.61. The van der Waals surface area contributed by atoms with E-state index in [9.17, 15) is 4.39 Å². The van der Waals surface area contributed by atoms with Crippen LogP contribution in [0, 0.1) is 5.82 Å². The minimum absolute atomic E-state index is 0.0691. The standard InChI is InChI=1S/C12H13ClFP/c1-2-11(15)12(5-6-12)9-4-3-8(13)7-10(9)14/h3-4,7,15H,2,5-6H2,1H3. The number of hydrogen-bond donors (Lipinski definition) is 0. The fourth-order valence-corrected chi connectivity index (χ4v) is 2.62. The van der Waals surface area contributed by atoms with Crippen molar-refractivity contribution in [3.63, 3.8) is 0 Å². The first-order valence-electron chi connectivity index (χ1n) is 5.13. The number of rotatable bonds is 3. The van der Waals surface area contributed by atoms with Gasteiger partial charge in [0.05, 0.1) is 0 Å². The summed E-state index contributed by atoms with van der Waals surface area (Å²) in [6, 6.07) is 4.96. The van der Waals surface area contributed by atoms with Gasteiger partial charge in [0.15, 0.2) is 0 Å². The van der Waals surface area contributed by atoms with E-state index in [-0.39, 0.29) is 11.2 Å². The SMILES string of the molecule is CCC(=P)C1(c2ccc(Cl)cc2F)CC1. The Bertz CT molecular complexity index is 410. The van der Waals surface area contributed by atoms with E-state index >= 15 is 0 Å². The van der Waals surface area contributed by atoms with Crippen LogP contribution in [-0.4, -0.2) is 5.29 Å². The second kappa shape index (κ2) is 3.88. The zero-order chi connectivity index (χ0) is 11.1. The first-order valence-corrected chi connectivity index (χ1v) is 6.01. The zero-order valence-corrected chi connectivity index (χ0v) is 10.4. The van der Waals surface area contributed by atoms with Crippen LogP contribution in [0.3, 0.4) is 0 Å². The third kappa shape index (κ3) is 1.84. The van der Waals surface area contributed by atoms with Crippen molar-refractivity contribution in [2.75, 3.05) is 0 Å². The van der Waals surface area contributed by atoms with Gasteiger partial charge < -0.3 is 0 Å². The van der Waals surface area contributed by atoms with Gasteiger partial charge >= 0.3 is 0 Å². The highest BCUT2D eigenvalue weighted by Gasteiger charge is 2.47. The molecule has 0 saturated heterocycles. The van der Waals surface area contributed by atoms with Gasteiger partial charge in [-0.1, -0.05) is 24.6 Å². The van der Waals surface area contributed by atoms with Gasteiger partial charge in [0.1, 0.15) is 5.82 Å². The van der Waals surface area contributed by atoms with Crippen molar-refractivity contribution in [1.82, 2.24) is 0 Å². The first kappa shape index (κ1) is 11.1. The summed E-state index contributed by atoms with van der Waals surface area (Å²) in [6.07, 6.45) is 2.98. The van der Waals surface area contributed by atoms with Crippen LogP contribution in [0.1, 0.15) is 31.7 Å². The van der Waals surface area contributed by atoms with Gasteiger partial charge in [-0.15, -0.1) is 8.86 Å². The molecule has 0 nitrogen and oxygen atoms in total. The lowest BCUT2D eigenvalue weighted by Crippen LogP contribution is -2.18. The molecule has 0 atom stereocenters. The van der Waals surface area contributed by atoms with E-state index in [0.717, 1.165) is 24.8 Å². The van der Waals surface area contributed by atoms with Crippen molar-refractivity contribution in [3.8, 4) is 0 Å². The predicted octanol–water partition coefficient (Wildman–Crippen LogP) is 4.24. The molecule has 1 saturated carbocycles. The monoisotopic (exact) mass is 242 g/mol. The Morgan fingerprint density at radius 2 is 2.20 bits per heavy atom. The molecular weight excluding hydrogens is 230 g/mol. The van der Waals surface area contributed by atoms with Crippen molar-refractivity contribution in [2.45, 2.75) is 31.6 Å². The van der Waals surface area contributed by atoms with E-state index in [1.807, 2.05) is 0 Å². The van der Waals surface area contributed by atoms with Crippen molar-refractivity contribution in [1.29, 1.82) is 0 Å². The average Bonchev–Trinajstić information content (AvgIpc) is 2.97. The maximum atomic E-state index is 13.8. The van der Waals surface area contributed by atoms with Gasteiger partial charge in [0, 0.05) is 10.4 Å². The Labute approximate surface area is 96.7 Å². The summed E-state index contributed by atoms with van der Waals surface area (Å²) in [5.41, 5.74) is 0.707. The van der Waals surface area contributed by atoms with Crippen LogP contribution in [0.15, 0.2) is 18.2 Å². The third-order valence-electron chi connectivity index (χ3n) is 3.13. The van der Waals surface area contributed by atoms with Crippen molar-refractivity contribution >= 4 is 25.8 Å². The minimum atomic E-state index is -0.191. The average molecular weight is 243 g/mol. The fraction of sp³-hybridized carbons (Fsp3) is 0.417. The van der Waals surface area contributed by atoms with Gasteiger partial charge in [-0.25, -0.2) is 4.39 Å². The number of benzene rings is 1. The smallest absolute Gasteiger partial charge is 0.128 e. The largest absolute Gasteiger partial charge is 0.207 e. The summed E-state index contributed by atoms with van der Waals surface area (Å²) in [5.74, 6) is -0.191. The summed E-state index contributed by atoms with van der Waals surface area (Å²) in [6.45, 7) is 2.08. The van der Waals surface area contributed by atoms with Crippen LogP contribution in [0.2, 0.25) is 5.02 Å². The molecule has 1 aromatic carbocycles. The Kier molecular flexibility index (Phi) is 2.87. The van der Waals surface area contributed by atoms with Crippen molar-refractivity contribution in [3.05, 3.63) is 34.6 Å². The Morgan fingerprint density at radius 3 is 2.67 bits per heavy atom. The maximum Gasteiger partial charge on any atom is 0.128 e. The third-order valence-corrected chi connectivity index (χ3v) is 4.20. The molecule has 2 rings (SSSR count). The molecule has 0 bridgehead atoms. The highest BCUT2D eigenvalue weighted by Crippen LogP contribution is 2.51. The molecule has 0 aromatic heterocycles. The van der Waals surface area contributed by atoms with Crippen LogP contribution in [0.25, 0.3) is 0 Å². The molecule has 0 spiro atoms. The van der Waals surface area contributed by atoms with E-state index in [2.05, 4.69) is 15.8 Å². The molecule has 0 aliphatic heterocycles. The lowest BCUT2D eigenvalue weighted by molar-refractivity contribution is 0.602. The first-order chi connectivity index (χ1) is 7.10. The molecule has 0 unspecified atom stereocenters. The lowest BCUT2D eigenvalue weighted by Gasteiger charge is -2.18. The van der Waals surface area contributed by atoms with E-state index < -0.39 is 0 Å². The fourth-order valence-electron chi connectivity index (χ4n) is 2.07. The molecule has 1 aliphatic rings. The molecule has 0 amide bonds. The summed E-state index contributed by atoms with van der Waals surface area (Å²) in [7, 11) is 3.62.